The molecule has 160 valence electrons. The normalized spacial score (nSPS) is 16.7. The number of benzene rings is 2. The van der Waals surface area contributed by atoms with Gasteiger partial charge in [-0.1, -0.05) is 42.5 Å². The standard InChI is InChI=1S/C26H33NO2S/c1-18-8-13-24(30-18)25(21-11-12-21)29-17-23(28)16-27-26(2,3)15-19-9-10-20-6-4-5-7-22(20)14-19/h4-10,13-14,21,23,25,27-28H,11-12,15-17H2,1-3H3. The maximum Gasteiger partial charge on any atom is 0.0946 e. The predicted octanol–water partition coefficient (Wildman–Crippen LogP) is 5.65. The second kappa shape index (κ2) is 9.19. The van der Waals surface area contributed by atoms with E-state index in [1.165, 1.54) is 38.9 Å². The second-order valence-corrected chi connectivity index (χ2v) is 10.6. The fraction of sp³-hybridized carbons (Fsp3) is 0.462. The summed E-state index contributed by atoms with van der Waals surface area (Å²) in [5.41, 5.74) is 1.20. The zero-order valence-electron chi connectivity index (χ0n) is 18.2. The van der Waals surface area contributed by atoms with E-state index in [1.807, 2.05) is 11.3 Å². The molecule has 2 atom stereocenters. The number of nitrogens with one attached hydrogen (secondary N) is 1. The quantitative estimate of drug-likeness (QED) is 0.443. The Kier molecular flexibility index (Phi) is 6.59. The molecule has 3 aromatic rings. The average molecular weight is 424 g/mol. The van der Waals surface area contributed by atoms with E-state index in [0.29, 0.717) is 19.1 Å². The van der Waals surface area contributed by atoms with Crippen LogP contribution in [0.25, 0.3) is 10.8 Å². The zero-order valence-corrected chi connectivity index (χ0v) is 19.0. The van der Waals surface area contributed by atoms with E-state index in [1.54, 1.807) is 0 Å². The third-order valence-electron chi connectivity index (χ3n) is 5.84. The van der Waals surface area contributed by atoms with Gasteiger partial charge in [-0.05, 0) is 74.4 Å². The summed E-state index contributed by atoms with van der Waals surface area (Å²) in [6.07, 6.45) is 3.00. The second-order valence-electron chi connectivity index (χ2n) is 9.32. The third kappa shape index (κ3) is 5.70. The van der Waals surface area contributed by atoms with Crippen LogP contribution in [0.15, 0.2) is 54.6 Å². The van der Waals surface area contributed by atoms with E-state index in [0.717, 1.165) is 6.42 Å². The molecule has 0 saturated heterocycles. The van der Waals surface area contributed by atoms with E-state index in [4.69, 9.17) is 4.74 Å². The molecule has 1 aliphatic rings. The minimum absolute atomic E-state index is 0.107. The molecule has 4 rings (SSSR count). The smallest absolute Gasteiger partial charge is 0.0946 e. The highest BCUT2D eigenvalue weighted by molar-refractivity contribution is 7.12. The summed E-state index contributed by atoms with van der Waals surface area (Å²) in [4.78, 5) is 2.61. The van der Waals surface area contributed by atoms with Crippen molar-refractivity contribution in [1.82, 2.24) is 5.32 Å². The van der Waals surface area contributed by atoms with Crippen LogP contribution in [0.3, 0.4) is 0 Å². The molecule has 1 aromatic heterocycles. The van der Waals surface area contributed by atoms with Crippen molar-refractivity contribution < 1.29 is 9.84 Å². The first-order chi connectivity index (χ1) is 14.4. The first kappa shape index (κ1) is 21.5. The number of rotatable bonds is 10. The fourth-order valence-electron chi connectivity index (χ4n) is 4.05. The van der Waals surface area contributed by atoms with Crippen molar-refractivity contribution in [2.24, 2.45) is 5.92 Å². The zero-order chi connectivity index (χ0) is 21.1. The lowest BCUT2D eigenvalue weighted by atomic mass is 9.93. The number of hydrogen-bond donors (Lipinski definition) is 2. The molecule has 1 saturated carbocycles. The van der Waals surface area contributed by atoms with Crippen molar-refractivity contribution in [2.45, 2.75) is 57.8 Å². The van der Waals surface area contributed by atoms with Crippen LogP contribution in [0.5, 0.6) is 0 Å². The molecule has 2 unspecified atom stereocenters. The van der Waals surface area contributed by atoms with E-state index in [9.17, 15) is 5.11 Å². The molecule has 2 N–H and O–H groups in total. The van der Waals surface area contributed by atoms with Crippen LogP contribution in [0.4, 0.5) is 0 Å². The molecular weight excluding hydrogens is 390 g/mol. The summed E-state index contributed by atoms with van der Waals surface area (Å²) >= 11 is 1.81. The van der Waals surface area contributed by atoms with Crippen molar-refractivity contribution in [3.05, 3.63) is 69.9 Å². The minimum atomic E-state index is -0.511. The van der Waals surface area contributed by atoms with Crippen LogP contribution >= 0.6 is 11.3 Å². The predicted molar refractivity (Wildman–Crippen MR) is 126 cm³/mol. The van der Waals surface area contributed by atoms with Gasteiger partial charge in [0.05, 0.1) is 18.8 Å². The SMILES string of the molecule is Cc1ccc(C(OCC(O)CNC(C)(C)Cc2ccc3ccccc3c2)C2CC2)s1. The lowest BCUT2D eigenvalue weighted by Crippen LogP contribution is -2.46. The monoisotopic (exact) mass is 423 g/mol. The Hall–Kier alpha value is -1.72. The van der Waals surface area contributed by atoms with Crippen molar-refractivity contribution >= 4 is 22.1 Å². The van der Waals surface area contributed by atoms with Crippen molar-refractivity contribution in [2.75, 3.05) is 13.2 Å². The molecule has 4 heteroatoms. The maximum atomic E-state index is 10.5. The summed E-state index contributed by atoms with van der Waals surface area (Å²) < 4.78 is 6.18. The van der Waals surface area contributed by atoms with E-state index < -0.39 is 6.10 Å². The number of ether oxygens (including phenoxy) is 1. The topological polar surface area (TPSA) is 41.5 Å². The summed E-state index contributed by atoms with van der Waals surface area (Å²) in [7, 11) is 0. The Balaban J connectivity index is 1.28. The van der Waals surface area contributed by atoms with Crippen LogP contribution in [0.1, 0.15) is 48.1 Å². The first-order valence-electron chi connectivity index (χ1n) is 11.0. The van der Waals surface area contributed by atoms with Gasteiger partial charge in [-0.15, -0.1) is 11.3 Å². The Bertz CT molecular complexity index is 976. The molecule has 30 heavy (non-hydrogen) atoms. The van der Waals surface area contributed by atoms with Crippen LogP contribution in [-0.2, 0) is 11.2 Å². The van der Waals surface area contributed by atoms with Crippen molar-refractivity contribution in [1.29, 1.82) is 0 Å². The van der Waals surface area contributed by atoms with Gasteiger partial charge in [-0.25, -0.2) is 0 Å². The van der Waals surface area contributed by atoms with Gasteiger partial charge in [0, 0.05) is 21.8 Å². The summed E-state index contributed by atoms with van der Waals surface area (Å²) in [6, 6.07) is 19.5. The highest BCUT2D eigenvalue weighted by Crippen LogP contribution is 2.45. The summed E-state index contributed by atoms with van der Waals surface area (Å²) in [5, 5.41) is 16.6. The van der Waals surface area contributed by atoms with Gasteiger partial charge >= 0.3 is 0 Å². The van der Waals surface area contributed by atoms with E-state index in [2.05, 4.69) is 80.7 Å². The summed E-state index contributed by atoms with van der Waals surface area (Å²) in [5.74, 6) is 0.618. The highest BCUT2D eigenvalue weighted by atomic mass is 32.1. The Morgan fingerprint density at radius 3 is 2.57 bits per heavy atom. The van der Waals surface area contributed by atoms with Gasteiger partial charge in [0.1, 0.15) is 0 Å². The van der Waals surface area contributed by atoms with Crippen LogP contribution in [0, 0.1) is 12.8 Å². The number of aliphatic hydroxyl groups is 1. The molecule has 2 aromatic carbocycles. The Morgan fingerprint density at radius 2 is 1.87 bits per heavy atom. The number of β-amino-alcohol motifs (C(OH)–C–C–N with tert-alkyl or cyclic N) is 1. The average Bonchev–Trinajstić information content (AvgIpc) is 3.47. The van der Waals surface area contributed by atoms with Gasteiger partial charge in [0.2, 0.25) is 0 Å². The number of aryl methyl sites for hydroxylation is 1. The van der Waals surface area contributed by atoms with Gasteiger partial charge < -0.3 is 15.2 Å². The molecule has 1 fully saturated rings. The number of thiophene rings is 1. The third-order valence-corrected chi connectivity index (χ3v) is 6.90. The van der Waals surface area contributed by atoms with Crippen LogP contribution in [0.2, 0.25) is 0 Å². The molecule has 1 heterocycles. The Labute approximate surface area is 184 Å². The minimum Gasteiger partial charge on any atom is -0.389 e. The number of aliphatic hydroxyl groups excluding tert-OH is 1. The van der Waals surface area contributed by atoms with E-state index >= 15 is 0 Å². The molecular formula is C26H33NO2S. The largest absolute Gasteiger partial charge is 0.389 e. The van der Waals surface area contributed by atoms with Crippen molar-refractivity contribution in [3.8, 4) is 0 Å². The molecule has 0 bridgehead atoms. The molecule has 1 aliphatic carbocycles. The maximum absolute atomic E-state index is 10.5. The fourth-order valence-corrected chi connectivity index (χ4v) is 5.07. The number of hydrogen-bond acceptors (Lipinski definition) is 4. The molecule has 0 radical (unpaired) electrons. The van der Waals surface area contributed by atoms with Gasteiger partial charge in [0.25, 0.3) is 0 Å². The van der Waals surface area contributed by atoms with Crippen LogP contribution < -0.4 is 5.32 Å². The number of fused-ring (bicyclic) bond motifs is 1. The highest BCUT2D eigenvalue weighted by Gasteiger charge is 2.34. The van der Waals surface area contributed by atoms with Gasteiger partial charge in [-0.2, -0.15) is 0 Å². The molecule has 3 nitrogen and oxygen atoms in total. The molecule has 0 amide bonds. The lowest BCUT2D eigenvalue weighted by Gasteiger charge is -2.28. The van der Waals surface area contributed by atoms with E-state index in [-0.39, 0.29) is 11.6 Å². The van der Waals surface area contributed by atoms with Crippen LogP contribution in [-0.4, -0.2) is 29.9 Å². The Morgan fingerprint density at radius 1 is 1.10 bits per heavy atom. The first-order valence-corrected chi connectivity index (χ1v) is 11.8. The summed E-state index contributed by atoms with van der Waals surface area (Å²) in [6.45, 7) is 7.42. The molecule has 0 aliphatic heterocycles. The van der Waals surface area contributed by atoms with Crippen molar-refractivity contribution in [3.63, 3.8) is 0 Å². The lowest BCUT2D eigenvalue weighted by molar-refractivity contribution is -0.0196. The van der Waals surface area contributed by atoms with Gasteiger partial charge in [-0.3, -0.25) is 0 Å². The van der Waals surface area contributed by atoms with Gasteiger partial charge in [0.15, 0.2) is 0 Å². The molecule has 0 spiro atoms.